The lowest BCUT2D eigenvalue weighted by Gasteiger charge is -2.05. The van der Waals surface area contributed by atoms with E-state index in [9.17, 15) is 4.39 Å². The minimum Gasteiger partial charge on any atom is -0.424 e. The number of nitrogens with zero attached hydrogens (tertiary/aromatic N) is 2. The van der Waals surface area contributed by atoms with Gasteiger partial charge in [-0.15, -0.1) is 0 Å². The molecule has 0 amide bonds. The average Bonchev–Trinajstić information content (AvgIpc) is 2.34. The van der Waals surface area contributed by atoms with Crippen molar-refractivity contribution in [1.82, 2.24) is 9.97 Å². The topological polar surface area (TPSA) is 84.9 Å². The Hall–Kier alpha value is -2.21. The molecule has 0 radical (unpaired) electrons. The summed E-state index contributed by atoms with van der Waals surface area (Å²) in [6.45, 7) is 0. The second-order valence-corrected chi connectivity index (χ2v) is 3.72. The molecule has 0 saturated heterocycles. The lowest BCUT2D eigenvalue weighted by molar-refractivity contribution is 0.440. The van der Waals surface area contributed by atoms with Crippen molar-refractivity contribution in [2.75, 3.05) is 0 Å². The van der Waals surface area contributed by atoms with Gasteiger partial charge in [-0.1, -0.05) is 11.6 Å². The molecule has 2 aromatic rings. The summed E-state index contributed by atoms with van der Waals surface area (Å²) in [5.41, 5.74) is 5.53. The predicted molar refractivity (Wildman–Crippen MR) is 64.5 cm³/mol. The van der Waals surface area contributed by atoms with Gasteiger partial charge in [0.1, 0.15) is 23.1 Å². The van der Waals surface area contributed by atoms with Crippen LogP contribution in [0.25, 0.3) is 0 Å². The van der Waals surface area contributed by atoms with Gasteiger partial charge in [0.25, 0.3) is 0 Å². The van der Waals surface area contributed by atoms with E-state index in [0.29, 0.717) is 5.75 Å². The summed E-state index contributed by atoms with van der Waals surface area (Å²) in [6.07, 6.45) is 1.41. The van der Waals surface area contributed by atoms with Crippen molar-refractivity contribution in [3.63, 3.8) is 0 Å². The summed E-state index contributed by atoms with van der Waals surface area (Å²) >= 11 is 5.61. The van der Waals surface area contributed by atoms with Gasteiger partial charge in [-0.25, -0.2) is 9.37 Å². The molecular weight excluding hydrogens is 259 g/mol. The third kappa shape index (κ3) is 2.72. The third-order valence-corrected chi connectivity index (χ3v) is 2.30. The number of ether oxygens (including phenoxy) is 1. The van der Waals surface area contributed by atoms with Crippen molar-refractivity contribution >= 4 is 17.4 Å². The van der Waals surface area contributed by atoms with E-state index < -0.39 is 5.82 Å². The van der Waals surface area contributed by atoms with E-state index in [0.717, 1.165) is 0 Å². The largest absolute Gasteiger partial charge is 0.424 e. The lowest BCUT2D eigenvalue weighted by atomic mass is 10.3. The van der Waals surface area contributed by atoms with Crippen molar-refractivity contribution < 1.29 is 9.13 Å². The molecular formula is C11H8ClFN4O. The normalized spacial score (nSPS) is 10.1. The van der Waals surface area contributed by atoms with E-state index >= 15 is 0 Å². The molecule has 0 bridgehead atoms. The lowest BCUT2D eigenvalue weighted by Crippen LogP contribution is -2.13. The van der Waals surface area contributed by atoms with Crippen LogP contribution < -0.4 is 10.5 Å². The molecule has 0 fully saturated rings. The monoisotopic (exact) mass is 266 g/mol. The molecule has 1 aromatic heterocycles. The van der Waals surface area contributed by atoms with Crippen LogP contribution in [0.15, 0.2) is 30.5 Å². The van der Waals surface area contributed by atoms with E-state index in [2.05, 4.69) is 9.97 Å². The molecule has 0 unspecified atom stereocenters. The van der Waals surface area contributed by atoms with Crippen LogP contribution in [-0.4, -0.2) is 15.8 Å². The van der Waals surface area contributed by atoms with Crippen LogP contribution in [0.2, 0.25) is 5.02 Å². The number of nitrogen functional groups attached to an aromatic ring is 1. The highest BCUT2D eigenvalue weighted by Gasteiger charge is 2.06. The molecule has 92 valence electrons. The fraction of sp³-hybridized carbons (Fsp3) is 0. The first-order valence-corrected chi connectivity index (χ1v) is 5.24. The van der Waals surface area contributed by atoms with Gasteiger partial charge in [0, 0.05) is 12.3 Å². The molecule has 1 heterocycles. The summed E-state index contributed by atoms with van der Waals surface area (Å²) in [6, 6.07) is 5.36. The zero-order valence-corrected chi connectivity index (χ0v) is 9.78. The summed E-state index contributed by atoms with van der Waals surface area (Å²) < 4.78 is 18.2. The fourth-order valence-electron chi connectivity index (χ4n) is 1.19. The van der Waals surface area contributed by atoms with Gasteiger partial charge in [0.15, 0.2) is 0 Å². The van der Waals surface area contributed by atoms with E-state index in [-0.39, 0.29) is 22.6 Å². The standard InChI is InChI=1S/C11H8ClFN4O/c12-7-5-6(1-2-8(7)13)18-11-16-4-3-9(17-11)10(14)15/h1-5H,(H3,14,15). The quantitative estimate of drug-likeness (QED) is 0.660. The molecule has 0 saturated carbocycles. The molecule has 0 aliphatic heterocycles. The second-order valence-electron chi connectivity index (χ2n) is 3.32. The van der Waals surface area contributed by atoms with Gasteiger partial charge < -0.3 is 10.5 Å². The zero-order valence-electron chi connectivity index (χ0n) is 9.02. The van der Waals surface area contributed by atoms with Crippen LogP contribution in [0.5, 0.6) is 11.8 Å². The fourth-order valence-corrected chi connectivity index (χ4v) is 1.36. The maximum atomic E-state index is 12.9. The Bertz CT molecular complexity index is 605. The highest BCUT2D eigenvalue weighted by molar-refractivity contribution is 6.30. The van der Waals surface area contributed by atoms with Crippen molar-refractivity contribution in [1.29, 1.82) is 5.41 Å². The highest BCUT2D eigenvalue weighted by Crippen LogP contribution is 2.24. The third-order valence-electron chi connectivity index (χ3n) is 2.01. The Balaban J connectivity index is 2.25. The predicted octanol–water partition coefficient (Wildman–Crippen LogP) is 2.35. The number of benzene rings is 1. The van der Waals surface area contributed by atoms with Gasteiger partial charge in [-0.3, -0.25) is 5.41 Å². The Morgan fingerprint density at radius 3 is 2.83 bits per heavy atom. The number of hydrogen-bond acceptors (Lipinski definition) is 4. The highest BCUT2D eigenvalue weighted by atomic mass is 35.5. The minimum atomic E-state index is -0.539. The molecule has 0 aliphatic carbocycles. The molecule has 0 spiro atoms. The molecule has 0 aliphatic rings. The number of hydrogen-bond donors (Lipinski definition) is 2. The molecule has 1 aromatic carbocycles. The van der Waals surface area contributed by atoms with Crippen LogP contribution in [0.1, 0.15) is 5.69 Å². The van der Waals surface area contributed by atoms with Crippen LogP contribution in [-0.2, 0) is 0 Å². The number of rotatable bonds is 3. The Morgan fingerprint density at radius 2 is 2.17 bits per heavy atom. The van der Waals surface area contributed by atoms with Crippen molar-refractivity contribution in [3.05, 3.63) is 47.0 Å². The summed E-state index contributed by atoms with van der Waals surface area (Å²) in [7, 11) is 0. The number of nitrogens with one attached hydrogen (secondary N) is 1. The van der Waals surface area contributed by atoms with E-state index in [1.807, 2.05) is 0 Å². The number of amidine groups is 1. The summed E-state index contributed by atoms with van der Waals surface area (Å²) in [5.74, 6) is -0.441. The van der Waals surface area contributed by atoms with Crippen LogP contribution in [0, 0.1) is 11.2 Å². The maximum absolute atomic E-state index is 12.9. The van der Waals surface area contributed by atoms with Crippen LogP contribution in [0.3, 0.4) is 0 Å². The number of aromatic nitrogens is 2. The Kier molecular flexibility index (Phi) is 3.38. The van der Waals surface area contributed by atoms with Gasteiger partial charge in [0.2, 0.25) is 0 Å². The number of nitrogens with two attached hydrogens (primary N) is 1. The second kappa shape index (κ2) is 4.97. The van der Waals surface area contributed by atoms with Gasteiger partial charge in [-0.2, -0.15) is 4.98 Å². The molecule has 2 rings (SSSR count). The Morgan fingerprint density at radius 1 is 1.39 bits per heavy atom. The summed E-state index contributed by atoms with van der Waals surface area (Å²) in [5, 5.41) is 7.18. The van der Waals surface area contributed by atoms with Crippen LogP contribution in [0.4, 0.5) is 4.39 Å². The van der Waals surface area contributed by atoms with Gasteiger partial charge >= 0.3 is 6.01 Å². The van der Waals surface area contributed by atoms with Crippen LogP contribution >= 0.6 is 11.6 Å². The van der Waals surface area contributed by atoms with Crippen molar-refractivity contribution in [3.8, 4) is 11.8 Å². The first-order chi connectivity index (χ1) is 8.56. The average molecular weight is 267 g/mol. The van der Waals surface area contributed by atoms with Gasteiger partial charge in [-0.05, 0) is 18.2 Å². The summed E-state index contributed by atoms with van der Waals surface area (Å²) in [4.78, 5) is 7.75. The van der Waals surface area contributed by atoms with Crippen molar-refractivity contribution in [2.24, 2.45) is 5.73 Å². The first kappa shape index (κ1) is 12.3. The number of halogens is 2. The van der Waals surface area contributed by atoms with Gasteiger partial charge in [0.05, 0.1) is 5.02 Å². The molecule has 0 atom stereocenters. The zero-order chi connectivity index (χ0) is 13.1. The molecule has 18 heavy (non-hydrogen) atoms. The van der Waals surface area contributed by atoms with E-state index in [4.69, 9.17) is 27.5 Å². The first-order valence-electron chi connectivity index (χ1n) is 4.86. The maximum Gasteiger partial charge on any atom is 0.322 e. The van der Waals surface area contributed by atoms with Crippen molar-refractivity contribution in [2.45, 2.75) is 0 Å². The molecule has 7 heteroatoms. The smallest absolute Gasteiger partial charge is 0.322 e. The van der Waals surface area contributed by atoms with E-state index in [1.165, 1.54) is 30.5 Å². The molecule has 3 N–H and O–H groups in total. The SMILES string of the molecule is N=C(N)c1ccnc(Oc2ccc(F)c(Cl)c2)n1. The van der Waals surface area contributed by atoms with E-state index in [1.54, 1.807) is 0 Å². The minimum absolute atomic E-state index is 0.00498. The Labute approximate surface area is 107 Å². The molecule has 5 nitrogen and oxygen atoms in total.